The van der Waals surface area contributed by atoms with Crippen molar-refractivity contribution in [2.45, 2.75) is 17.6 Å². The van der Waals surface area contributed by atoms with Crippen molar-refractivity contribution in [1.82, 2.24) is 14.5 Å². The minimum Gasteiger partial charge on any atom is -0.281 e. The summed E-state index contributed by atoms with van der Waals surface area (Å²) in [5, 5.41) is 5.07. The number of carbonyl (C=O) groups excluding carboxylic acids is 1. The number of likely N-dealkylation sites (N-methyl/N-ethyl adjacent to an activating group) is 1. The van der Waals surface area contributed by atoms with Gasteiger partial charge in [-0.2, -0.15) is 17.9 Å². The molecule has 2 aromatic heterocycles. The Hall–Kier alpha value is -2.55. The highest BCUT2D eigenvalue weighted by atomic mass is 32.2. The number of hydrogen-bond acceptors (Lipinski definition) is 8. The Morgan fingerprint density at radius 3 is 2.28 bits per heavy atom. The molecule has 0 bridgehead atoms. The highest BCUT2D eigenvalue weighted by Gasteiger charge is 2.42. The number of quaternary nitrogens is 1. The van der Waals surface area contributed by atoms with Crippen molar-refractivity contribution in [2.24, 2.45) is 5.14 Å². The van der Waals surface area contributed by atoms with E-state index in [1.807, 2.05) is 12.1 Å². The van der Waals surface area contributed by atoms with E-state index in [9.17, 15) is 26.2 Å². The van der Waals surface area contributed by atoms with Crippen molar-refractivity contribution >= 4 is 42.5 Å². The van der Waals surface area contributed by atoms with Gasteiger partial charge in [0, 0.05) is 11.8 Å². The molecule has 2 heterocycles. The molecular weight excluding hydrogens is 476 g/mol. The summed E-state index contributed by atoms with van der Waals surface area (Å²) in [4.78, 5) is 21.5. The lowest BCUT2D eigenvalue weighted by molar-refractivity contribution is -0.127. The van der Waals surface area contributed by atoms with Crippen LogP contribution in [0.5, 0.6) is 0 Å². The first-order valence-corrected chi connectivity index (χ1v) is 13.1. The molecule has 1 amide bonds. The number of sulfonamides is 1. The molecular formula is C19H21N4O6S3+. The van der Waals surface area contributed by atoms with E-state index in [4.69, 9.17) is 5.14 Å². The molecule has 0 spiro atoms. The molecule has 0 radical (unpaired) electrons. The third-order valence-corrected chi connectivity index (χ3v) is 8.42. The Morgan fingerprint density at radius 1 is 1.12 bits per heavy atom. The standard InChI is InChI=1S/C19H20N4O6S3/c1-13-18(32(20,28)29)30-19(22-13)23(2,12-31(25,26)27)17(24)11-14-6-8-15(9-7-14)16-5-3-4-10-21-16/h3-10H,11-12H2,1-2H3,(H2-,20,25,26,27,28,29)/p+1. The first kappa shape index (κ1) is 24.1. The zero-order chi connectivity index (χ0) is 23.7. The van der Waals surface area contributed by atoms with Gasteiger partial charge in [0.2, 0.25) is 15.9 Å². The zero-order valence-electron chi connectivity index (χ0n) is 17.2. The van der Waals surface area contributed by atoms with Gasteiger partial charge in [-0.1, -0.05) is 30.3 Å². The normalized spacial score (nSPS) is 14.1. The van der Waals surface area contributed by atoms with Crippen LogP contribution < -0.4 is 9.62 Å². The Kier molecular flexibility index (Phi) is 6.60. The van der Waals surface area contributed by atoms with Crippen LogP contribution in [-0.4, -0.2) is 50.2 Å². The molecule has 3 aromatic rings. The van der Waals surface area contributed by atoms with Crippen LogP contribution in [0.1, 0.15) is 11.3 Å². The van der Waals surface area contributed by atoms with Crippen molar-refractivity contribution in [2.75, 3.05) is 12.9 Å². The monoisotopic (exact) mass is 497 g/mol. The Morgan fingerprint density at radius 2 is 1.78 bits per heavy atom. The number of amides is 1. The summed E-state index contributed by atoms with van der Waals surface area (Å²) in [6, 6.07) is 12.5. The number of pyridine rings is 1. The van der Waals surface area contributed by atoms with Crippen molar-refractivity contribution < 1.29 is 26.2 Å². The molecule has 0 saturated carbocycles. The molecule has 170 valence electrons. The molecule has 0 aliphatic heterocycles. The van der Waals surface area contributed by atoms with E-state index in [1.54, 1.807) is 36.5 Å². The molecule has 0 aliphatic carbocycles. The predicted octanol–water partition coefficient (Wildman–Crippen LogP) is 1.71. The van der Waals surface area contributed by atoms with E-state index < -0.39 is 36.4 Å². The number of primary sulfonamides is 1. The maximum atomic E-state index is 13.2. The van der Waals surface area contributed by atoms with Gasteiger partial charge in [-0.3, -0.25) is 9.54 Å². The molecule has 0 aliphatic rings. The highest BCUT2D eigenvalue weighted by Crippen LogP contribution is 2.33. The molecule has 32 heavy (non-hydrogen) atoms. The van der Waals surface area contributed by atoms with E-state index >= 15 is 0 Å². The van der Waals surface area contributed by atoms with Crippen LogP contribution in [0, 0.1) is 6.92 Å². The number of rotatable bonds is 7. The van der Waals surface area contributed by atoms with E-state index in [0.717, 1.165) is 11.3 Å². The lowest BCUT2D eigenvalue weighted by Crippen LogP contribution is -2.54. The fourth-order valence-electron chi connectivity index (χ4n) is 3.08. The second-order valence-corrected chi connectivity index (χ2v) is 11.5. The van der Waals surface area contributed by atoms with Crippen molar-refractivity contribution in [3.63, 3.8) is 0 Å². The largest absolute Gasteiger partial charge is 0.325 e. The minimum absolute atomic E-state index is 0.0414. The molecule has 3 rings (SSSR count). The van der Waals surface area contributed by atoms with Crippen molar-refractivity contribution in [3.05, 3.63) is 59.9 Å². The molecule has 1 aromatic carbocycles. The second-order valence-electron chi connectivity index (χ2n) is 7.30. The van der Waals surface area contributed by atoms with E-state index in [0.29, 0.717) is 16.9 Å². The zero-order valence-corrected chi connectivity index (χ0v) is 19.6. The summed E-state index contributed by atoms with van der Waals surface area (Å²) in [6.45, 7) is 1.39. The summed E-state index contributed by atoms with van der Waals surface area (Å²) in [5.74, 6) is -1.61. The third kappa shape index (κ3) is 5.43. The fourth-order valence-corrected chi connectivity index (χ4v) is 6.14. The average Bonchev–Trinajstić information content (AvgIpc) is 3.11. The minimum atomic E-state index is -4.62. The van der Waals surface area contributed by atoms with Gasteiger partial charge in [-0.25, -0.2) is 18.4 Å². The van der Waals surface area contributed by atoms with Crippen molar-refractivity contribution in [3.8, 4) is 11.3 Å². The summed E-state index contributed by atoms with van der Waals surface area (Å²) in [5.41, 5.74) is 2.23. The van der Waals surface area contributed by atoms with Gasteiger partial charge in [-0.05, 0) is 36.0 Å². The molecule has 0 saturated heterocycles. The predicted molar refractivity (Wildman–Crippen MR) is 121 cm³/mol. The van der Waals surface area contributed by atoms with Crippen LogP contribution in [0.4, 0.5) is 5.13 Å². The number of nitrogens with zero attached hydrogens (tertiary/aromatic N) is 3. The maximum absolute atomic E-state index is 13.2. The van der Waals surface area contributed by atoms with Crippen LogP contribution in [-0.2, 0) is 31.4 Å². The third-order valence-electron chi connectivity index (χ3n) is 4.67. The van der Waals surface area contributed by atoms with Gasteiger partial charge in [0.25, 0.3) is 5.13 Å². The quantitative estimate of drug-likeness (QED) is 0.369. The SMILES string of the molecule is Cc1nc([N+](C)(CS(=O)(=O)O)C(=O)Cc2ccc(-c3ccccn3)cc2)sc1S(N)(=O)=O. The summed E-state index contributed by atoms with van der Waals surface area (Å²) in [7, 11) is -7.48. The number of carbonyl (C=O) groups is 1. The topological polar surface area (TPSA) is 157 Å². The van der Waals surface area contributed by atoms with Gasteiger partial charge < -0.3 is 0 Å². The van der Waals surface area contributed by atoms with Crippen molar-refractivity contribution in [1.29, 1.82) is 0 Å². The Bertz CT molecular complexity index is 1350. The number of aromatic nitrogens is 2. The first-order chi connectivity index (χ1) is 14.8. The van der Waals surface area contributed by atoms with Crippen LogP contribution >= 0.6 is 11.3 Å². The van der Waals surface area contributed by atoms with E-state index in [1.165, 1.54) is 14.0 Å². The summed E-state index contributed by atoms with van der Waals surface area (Å²) in [6.07, 6.45) is 1.48. The van der Waals surface area contributed by atoms with Gasteiger partial charge in [-0.15, -0.1) is 0 Å². The number of hydrogen-bond donors (Lipinski definition) is 2. The molecule has 1 atom stereocenters. The number of aryl methyl sites for hydroxylation is 1. The number of nitrogens with two attached hydrogens (primary N) is 1. The van der Waals surface area contributed by atoms with E-state index in [2.05, 4.69) is 9.97 Å². The average molecular weight is 498 g/mol. The van der Waals surface area contributed by atoms with E-state index in [-0.39, 0.29) is 21.5 Å². The smallest absolute Gasteiger partial charge is 0.281 e. The van der Waals surface area contributed by atoms with Crippen LogP contribution in [0.25, 0.3) is 11.3 Å². The molecule has 13 heteroatoms. The van der Waals surface area contributed by atoms with Crippen LogP contribution in [0.2, 0.25) is 0 Å². The molecule has 3 N–H and O–H groups in total. The maximum Gasteiger partial charge on any atom is 0.325 e. The van der Waals surface area contributed by atoms with Gasteiger partial charge in [0.05, 0.1) is 24.9 Å². The Labute approximate surface area is 189 Å². The summed E-state index contributed by atoms with van der Waals surface area (Å²) >= 11 is 0.596. The lowest BCUT2D eigenvalue weighted by Gasteiger charge is -2.26. The first-order valence-electron chi connectivity index (χ1n) is 9.15. The lowest BCUT2D eigenvalue weighted by atomic mass is 10.1. The van der Waals surface area contributed by atoms with Gasteiger partial charge >= 0.3 is 16.0 Å². The number of benzene rings is 1. The molecule has 1 unspecified atom stereocenters. The number of thiazole rings is 1. The highest BCUT2D eigenvalue weighted by molar-refractivity contribution is 7.91. The van der Waals surface area contributed by atoms with Crippen LogP contribution in [0.15, 0.2) is 52.9 Å². The molecule has 0 fully saturated rings. The van der Waals surface area contributed by atoms with Crippen LogP contribution in [0.3, 0.4) is 0 Å². The summed E-state index contributed by atoms with van der Waals surface area (Å²) < 4.78 is 55.1. The van der Waals surface area contributed by atoms with Gasteiger partial charge in [0.1, 0.15) is 0 Å². The Balaban J connectivity index is 1.95. The molecule has 10 nitrogen and oxygen atoms in total. The van der Waals surface area contributed by atoms with Gasteiger partial charge in [0.15, 0.2) is 4.21 Å². The fraction of sp³-hybridized carbons (Fsp3) is 0.211. The second kappa shape index (κ2) is 8.77.